The van der Waals surface area contributed by atoms with Gasteiger partial charge in [0.15, 0.2) is 0 Å². The number of nitrogens with one attached hydrogen (secondary N) is 1. The second-order valence-corrected chi connectivity index (χ2v) is 6.04. The summed E-state index contributed by atoms with van der Waals surface area (Å²) in [5.41, 5.74) is 3.02. The first-order chi connectivity index (χ1) is 12.4. The van der Waals surface area contributed by atoms with E-state index >= 15 is 0 Å². The Labute approximate surface area is 150 Å². The zero-order valence-corrected chi connectivity index (χ0v) is 14.7. The summed E-state index contributed by atoms with van der Waals surface area (Å²) in [6.45, 7) is 5.14. The van der Waals surface area contributed by atoms with Gasteiger partial charge in [-0.15, -0.1) is 0 Å². The maximum atomic E-state index is 13.4. The van der Waals surface area contributed by atoms with Gasteiger partial charge < -0.3 is 5.32 Å². The maximum absolute atomic E-state index is 13.4. The summed E-state index contributed by atoms with van der Waals surface area (Å²) in [7, 11) is 0. The first kappa shape index (κ1) is 17.5. The minimum atomic E-state index is -0.822. The monoisotopic (exact) mass is 351 g/mol. The molecule has 0 bridgehead atoms. The highest BCUT2D eigenvalue weighted by atomic mass is 19.1. The van der Waals surface area contributed by atoms with Gasteiger partial charge in [-0.05, 0) is 50.6 Å². The summed E-state index contributed by atoms with van der Waals surface area (Å²) in [6, 6.07) is 13.4. The van der Waals surface area contributed by atoms with Crippen molar-refractivity contribution in [3.05, 3.63) is 76.9 Å². The summed E-state index contributed by atoms with van der Waals surface area (Å²) in [5, 5.41) is 6.87. The molecule has 3 aromatic rings. The molecule has 26 heavy (non-hydrogen) atoms. The number of benzene rings is 2. The topological polar surface area (TPSA) is 64.0 Å². The quantitative estimate of drug-likeness (QED) is 0.575. The predicted octanol–water partition coefficient (Wildman–Crippen LogP) is 3.76. The number of ketones is 1. The van der Waals surface area contributed by atoms with Gasteiger partial charge >= 0.3 is 0 Å². The van der Waals surface area contributed by atoms with Crippen LogP contribution < -0.4 is 5.32 Å². The smallest absolute Gasteiger partial charge is 0.296 e. The Bertz CT molecular complexity index is 994. The Hall–Kier alpha value is -3.28. The summed E-state index contributed by atoms with van der Waals surface area (Å²) in [6.07, 6.45) is 0. The molecule has 0 aliphatic heterocycles. The van der Waals surface area contributed by atoms with Crippen molar-refractivity contribution >= 4 is 17.4 Å². The Balaban J connectivity index is 1.92. The van der Waals surface area contributed by atoms with Crippen molar-refractivity contribution in [3.8, 4) is 5.69 Å². The van der Waals surface area contributed by atoms with Crippen molar-refractivity contribution in [2.45, 2.75) is 20.8 Å². The van der Waals surface area contributed by atoms with Gasteiger partial charge in [0.25, 0.3) is 11.7 Å². The third kappa shape index (κ3) is 3.26. The first-order valence-electron chi connectivity index (χ1n) is 8.12. The van der Waals surface area contributed by atoms with Gasteiger partial charge in [0, 0.05) is 5.69 Å². The second kappa shape index (κ2) is 6.92. The van der Waals surface area contributed by atoms with Crippen LogP contribution in [-0.4, -0.2) is 21.5 Å². The van der Waals surface area contributed by atoms with Crippen LogP contribution >= 0.6 is 0 Å². The van der Waals surface area contributed by atoms with Crippen LogP contribution in [-0.2, 0) is 4.79 Å². The largest absolute Gasteiger partial charge is 0.319 e. The molecule has 2 aromatic carbocycles. The molecule has 1 aromatic heterocycles. The summed E-state index contributed by atoms with van der Waals surface area (Å²) < 4.78 is 15.0. The normalized spacial score (nSPS) is 10.6. The van der Waals surface area contributed by atoms with Gasteiger partial charge in [-0.2, -0.15) is 5.10 Å². The average Bonchev–Trinajstić information content (AvgIpc) is 2.92. The van der Waals surface area contributed by atoms with E-state index in [1.165, 1.54) is 12.1 Å². The number of aryl methyl sites for hydroxylation is 2. The van der Waals surface area contributed by atoms with Gasteiger partial charge in [0.1, 0.15) is 5.82 Å². The molecule has 0 saturated heterocycles. The highest BCUT2D eigenvalue weighted by Gasteiger charge is 2.25. The molecule has 0 fully saturated rings. The Morgan fingerprint density at radius 3 is 2.42 bits per heavy atom. The number of para-hydroxylation sites is 1. The minimum absolute atomic E-state index is 0.250. The number of halogens is 1. The molecule has 1 N–H and O–H groups in total. The lowest BCUT2D eigenvalue weighted by atomic mass is 10.1. The Morgan fingerprint density at radius 1 is 1.04 bits per heavy atom. The van der Waals surface area contributed by atoms with Crippen LogP contribution in [0.5, 0.6) is 0 Å². The number of anilines is 1. The third-order valence-electron chi connectivity index (χ3n) is 4.17. The number of carbonyl (C=O) groups excluding carboxylic acids is 2. The molecule has 1 amide bonds. The fourth-order valence-electron chi connectivity index (χ4n) is 2.81. The van der Waals surface area contributed by atoms with Crippen LogP contribution in [0.2, 0.25) is 0 Å². The molecule has 5 nitrogen and oxygen atoms in total. The van der Waals surface area contributed by atoms with E-state index in [2.05, 4.69) is 10.4 Å². The van der Waals surface area contributed by atoms with E-state index in [1.807, 2.05) is 30.3 Å². The molecular formula is C20H18FN3O2. The lowest BCUT2D eigenvalue weighted by Gasteiger charge is -2.08. The number of Topliss-reactive ketones (excluding diaryl/α,β-unsaturated/α-hetero) is 1. The molecule has 0 atom stereocenters. The summed E-state index contributed by atoms with van der Waals surface area (Å²) in [4.78, 5) is 25.1. The van der Waals surface area contributed by atoms with E-state index in [1.54, 1.807) is 31.5 Å². The van der Waals surface area contributed by atoms with E-state index in [0.717, 1.165) is 5.69 Å². The standard InChI is InChI=1S/C20H18FN3O2/c1-12-9-10-15(21)11-17(12)22-20(26)19(25)18-13(2)23-24(14(18)3)16-7-5-4-6-8-16/h4-11H,1-3H3,(H,22,26). The van der Waals surface area contributed by atoms with Crippen molar-refractivity contribution in [1.82, 2.24) is 9.78 Å². The van der Waals surface area contributed by atoms with Crippen LogP contribution in [0.4, 0.5) is 10.1 Å². The molecular weight excluding hydrogens is 333 g/mol. The number of hydrogen-bond acceptors (Lipinski definition) is 3. The highest BCUT2D eigenvalue weighted by molar-refractivity contribution is 6.47. The number of hydrogen-bond donors (Lipinski definition) is 1. The molecule has 6 heteroatoms. The molecule has 3 rings (SSSR count). The van der Waals surface area contributed by atoms with Crippen molar-refractivity contribution in [1.29, 1.82) is 0 Å². The van der Waals surface area contributed by atoms with E-state index in [0.29, 0.717) is 17.0 Å². The molecule has 1 heterocycles. The molecule has 0 radical (unpaired) electrons. The number of rotatable bonds is 4. The van der Waals surface area contributed by atoms with Crippen molar-refractivity contribution in [2.75, 3.05) is 5.32 Å². The Morgan fingerprint density at radius 2 is 1.73 bits per heavy atom. The fraction of sp³-hybridized carbons (Fsp3) is 0.150. The fourth-order valence-corrected chi connectivity index (χ4v) is 2.81. The third-order valence-corrected chi connectivity index (χ3v) is 4.17. The number of nitrogens with zero attached hydrogens (tertiary/aromatic N) is 2. The molecule has 0 spiro atoms. The van der Waals surface area contributed by atoms with Gasteiger partial charge in [-0.3, -0.25) is 9.59 Å². The zero-order valence-electron chi connectivity index (χ0n) is 14.7. The van der Waals surface area contributed by atoms with Gasteiger partial charge in [0.05, 0.1) is 22.6 Å². The van der Waals surface area contributed by atoms with Gasteiger partial charge in [-0.1, -0.05) is 24.3 Å². The molecule has 0 unspecified atom stereocenters. The summed E-state index contributed by atoms with van der Waals surface area (Å²) >= 11 is 0. The molecule has 0 saturated carbocycles. The number of amides is 1. The highest BCUT2D eigenvalue weighted by Crippen LogP contribution is 2.20. The van der Waals surface area contributed by atoms with E-state index < -0.39 is 17.5 Å². The molecule has 0 aliphatic carbocycles. The minimum Gasteiger partial charge on any atom is -0.319 e. The zero-order chi connectivity index (χ0) is 18.8. The predicted molar refractivity (Wildman–Crippen MR) is 97.1 cm³/mol. The number of carbonyl (C=O) groups is 2. The van der Waals surface area contributed by atoms with Crippen molar-refractivity contribution in [3.63, 3.8) is 0 Å². The van der Waals surface area contributed by atoms with Crippen LogP contribution in [0, 0.1) is 26.6 Å². The summed E-state index contributed by atoms with van der Waals surface area (Å²) in [5.74, 6) is -2.01. The lowest BCUT2D eigenvalue weighted by Crippen LogP contribution is -2.24. The van der Waals surface area contributed by atoms with E-state index in [-0.39, 0.29) is 11.3 Å². The maximum Gasteiger partial charge on any atom is 0.296 e. The van der Waals surface area contributed by atoms with Crippen molar-refractivity contribution < 1.29 is 14.0 Å². The van der Waals surface area contributed by atoms with E-state index in [4.69, 9.17) is 0 Å². The van der Waals surface area contributed by atoms with Crippen LogP contribution in [0.3, 0.4) is 0 Å². The van der Waals surface area contributed by atoms with Gasteiger partial charge in [0.2, 0.25) is 0 Å². The van der Waals surface area contributed by atoms with Crippen LogP contribution in [0.25, 0.3) is 5.69 Å². The van der Waals surface area contributed by atoms with Gasteiger partial charge in [-0.25, -0.2) is 9.07 Å². The Kier molecular flexibility index (Phi) is 4.67. The van der Waals surface area contributed by atoms with Crippen molar-refractivity contribution in [2.24, 2.45) is 0 Å². The number of aromatic nitrogens is 2. The molecule has 132 valence electrons. The average molecular weight is 351 g/mol. The van der Waals surface area contributed by atoms with Crippen LogP contribution in [0.1, 0.15) is 27.3 Å². The lowest BCUT2D eigenvalue weighted by molar-refractivity contribution is -0.112. The van der Waals surface area contributed by atoms with E-state index in [9.17, 15) is 14.0 Å². The SMILES string of the molecule is Cc1ccc(F)cc1NC(=O)C(=O)c1c(C)nn(-c2ccccc2)c1C. The molecule has 0 aliphatic rings. The van der Waals surface area contributed by atoms with Crippen LogP contribution in [0.15, 0.2) is 48.5 Å². The first-order valence-corrected chi connectivity index (χ1v) is 8.12. The second-order valence-electron chi connectivity index (χ2n) is 6.04.